The van der Waals surface area contributed by atoms with Gasteiger partial charge in [-0.25, -0.2) is 41.8 Å². The van der Waals surface area contributed by atoms with Crippen LogP contribution in [0.5, 0.6) is 0 Å². The van der Waals surface area contributed by atoms with Gasteiger partial charge in [-0.1, -0.05) is 312 Å². The van der Waals surface area contributed by atoms with Gasteiger partial charge in [-0.3, -0.25) is 0 Å². The van der Waals surface area contributed by atoms with E-state index in [1.54, 1.807) is 12.1 Å². The molecular weight excluding hydrogens is 1910 g/mol. The summed E-state index contributed by atoms with van der Waals surface area (Å²) in [5.74, 6) is -0.153. The minimum atomic E-state index is -2.29. The number of halogens is 1. The molecule has 14 aromatic carbocycles. The smallest absolute Gasteiger partial charge is 0.213 e. The number of pyridine rings is 5. The van der Waals surface area contributed by atoms with Gasteiger partial charge < -0.3 is 0 Å². The Morgan fingerprint density at radius 3 is 1.07 bits per heavy atom. The summed E-state index contributed by atoms with van der Waals surface area (Å²) in [5, 5.41) is 32.9. The SMILES string of the molecule is Cc1cc(C#N)c2c(c1-c1cccc[n+]1C)[Si](C)(C)c1c(F)cccc1-2.Cc1ccc2c(c1-c1cc(-c3ccccc3)cc[n+]1C)[Si](C)(C)c1cccc(C#N)c1-2.[C-]#[N+]c1ccc2c(c1)[Si](C)(C)c1c(-c3cccc[n+]3C)c(C)cc(-c3ccccc3)c1-2.[C-]#[N+]c1ccc2c(c1)[Si](C)(C)c1c-2ccc(C)c1-c1cc(-c2ccccc2)cc[n+]1C.[C-]#[N+]c1cccc2c1[Si](C)(C)c1c-2ccc(C)c1-c1cc(-c2ccccc2)cc[n+]1C. The first-order valence-corrected chi connectivity index (χ1v) is 66.3. The molecule has 10 nitrogen and oxygen atoms in total. The highest BCUT2D eigenvalue weighted by molar-refractivity contribution is 7.07. The summed E-state index contributed by atoms with van der Waals surface area (Å²) in [5.41, 5.74) is 44.5. The summed E-state index contributed by atoms with van der Waals surface area (Å²) in [6.07, 6.45) is 10.6. The van der Waals surface area contributed by atoms with Crippen molar-refractivity contribution in [1.29, 1.82) is 10.5 Å². The van der Waals surface area contributed by atoms with Crippen LogP contribution < -0.4 is 74.7 Å². The molecule has 0 radical (unpaired) electrons. The summed E-state index contributed by atoms with van der Waals surface area (Å²) in [4.78, 5) is 11.3. The highest BCUT2D eigenvalue weighted by Gasteiger charge is 2.50. The van der Waals surface area contributed by atoms with Crippen molar-refractivity contribution >= 4 is 109 Å². The van der Waals surface area contributed by atoms with Gasteiger partial charge >= 0.3 is 0 Å². The predicted octanol–water partition coefficient (Wildman–Crippen LogP) is 24.7. The van der Waals surface area contributed by atoms with Gasteiger partial charge in [0, 0.05) is 88.5 Å². The number of aryl methyl sites for hydroxylation is 10. The van der Waals surface area contributed by atoms with Gasteiger partial charge in [-0.05, 0) is 240 Å². The van der Waals surface area contributed by atoms with E-state index in [9.17, 15) is 14.9 Å². The van der Waals surface area contributed by atoms with Gasteiger partial charge in [0.15, 0.2) is 48.0 Å². The molecular formula is C134H120FN10Si5+5. The third kappa shape index (κ3) is 17.1. The van der Waals surface area contributed by atoms with E-state index in [0.717, 1.165) is 61.3 Å². The lowest BCUT2D eigenvalue weighted by molar-refractivity contribution is -0.660. The summed E-state index contributed by atoms with van der Waals surface area (Å²) in [6, 6.07) is 121. The molecule has 0 spiro atoms. The molecule has 24 rings (SSSR count). The van der Waals surface area contributed by atoms with Crippen LogP contribution in [-0.2, 0) is 35.2 Å². The number of nitriles is 2. The zero-order valence-corrected chi connectivity index (χ0v) is 94.0. The number of aromatic nitrogens is 5. The molecule has 5 aromatic heterocycles. The van der Waals surface area contributed by atoms with E-state index in [4.69, 9.17) is 19.7 Å². The summed E-state index contributed by atoms with van der Waals surface area (Å²) in [7, 11) is 0.225. The van der Waals surface area contributed by atoms with Crippen molar-refractivity contribution in [3.8, 4) is 169 Å². The second-order valence-corrected chi connectivity index (χ2v) is 64.5. The Bertz CT molecular complexity index is 9040. The second-order valence-electron chi connectivity index (χ2n) is 43.1. The molecule has 5 aliphatic rings. The maximum absolute atomic E-state index is 14.8. The normalized spacial score (nSPS) is 13.5. The predicted molar refractivity (Wildman–Crippen MR) is 630 cm³/mol. The van der Waals surface area contributed by atoms with Crippen LogP contribution in [0.3, 0.4) is 0 Å². The molecule has 19 aromatic rings. The average Bonchev–Trinajstić information content (AvgIpc) is 1.53. The highest BCUT2D eigenvalue weighted by atomic mass is 28.3. The number of hydrogen-bond donors (Lipinski definition) is 0. The zero-order chi connectivity index (χ0) is 106. The van der Waals surface area contributed by atoms with Crippen LogP contribution in [0.15, 0.2) is 365 Å². The minimum absolute atomic E-state index is 0.153. The molecule has 0 N–H and O–H groups in total. The fourth-order valence-corrected chi connectivity index (χ4v) is 42.8. The fraction of sp³-hybridized carbons (Fsp3) is 0.149. The topological polar surface area (TPSA) is 80.1 Å². The van der Waals surface area contributed by atoms with Gasteiger partial charge in [0.05, 0.1) is 43.0 Å². The Balaban J connectivity index is 0.000000113. The number of fused-ring (bicyclic) bond motifs is 15. The largest absolute Gasteiger partial charge is 0.238 e. The third-order valence-electron chi connectivity index (χ3n) is 32.1. The van der Waals surface area contributed by atoms with Crippen molar-refractivity contribution in [2.75, 3.05) is 0 Å². The molecule has 0 unspecified atom stereocenters. The van der Waals surface area contributed by atoms with Crippen LogP contribution in [-0.4, -0.2) is 40.4 Å². The highest BCUT2D eigenvalue weighted by Crippen LogP contribution is 2.47. The maximum Gasteiger partial charge on any atom is 0.213 e. The number of rotatable bonds is 9. The van der Waals surface area contributed by atoms with Gasteiger partial charge in [0.25, 0.3) is 0 Å². The summed E-state index contributed by atoms with van der Waals surface area (Å²) >= 11 is 0. The molecule has 0 saturated heterocycles. The van der Waals surface area contributed by atoms with E-state index < -0.39 is 40.4 Å². The molecule has 0 amide bonds. The molecule has 16 heteroatoms. The average molecular weight is 2030 g/mol. The Morgan fingerprint density at radius 2 is 0.593 bits per heavy atom. The quantitative estimate of drug-likeness (QED) is 0.0820. The van der Waals surface area contributed by atoms with Gasteiger partial charge in [-0.2, -0.15) is 10.5 Å². The van der Waals surface area contributed by atoms with Crippen LogP contribution in [0.2, 0.25) is 65.5 Å². The molecule has 10 heterocycles. The molecule has 0 bridgehead atoms. The molecule has 5 aliphatic heterocycles. The van der Waals surface area contributed by atoms with E-state index >= 15 is 0 Å². The van der Waals surface area contributed by atoms with E-state index in [2.05, 4.69) is 457 Å². The minimum Gasteiger partial charge on any atom is -0.238 e. The number of hydrogen-bond acceptors (Lipinski definition) is 2. The Morgan fingerprint density at radius 1 is 0.233 bits per heavy atom. The fourth-order valence-electron chi connectivity index (χ4n) is 24.9. The second kappa shape index (κ2) is 39.5. The number of nitrogens with zero attached hydrogens (tertiary/aromatic N) is 10. The first-order chi connectivity index (χ1) is 72.1. The van der Waals surface area contributed by atoms with Crippen molar-refractivity contribution in [2.45, 2.75) is 100 Å². The van der Waals surface area contributed by atoms with Crippen LogP contribution in [0.4, 0.5) is 21.5 Å². The monoisotopic (exact) mass is 2030 g/mol. The summed E-state index contributed by atoms with van der Waals surface area (Å²) < 4.78 is 25.9. The standard InChI is InChI=1S/4C28H25N2Si.C22H20FN2Si/c1-19-17-23(20-11-7-6-8-12-20)27-22-15-14-21(29-2)18-25(22)31(4,5)28(27)26(19)24-13-9-10-16-30(24)3;1-19-14-15-23-22-12-9-13-24(29-2)27(22)31(4,5)28(23)26(19)25-18-21(16-17-30(25)3)20-10-7-6-8-11-20;1-19-11-13-24-23-14-12-22(29-2)18-26(23)31(4,5)28(24)27(19)25-17-21(15-16-30(25)3)20-9-7-6-8-10-20;1-19-13-14-23-27-22(18-29)11-8-12-25(27)31(3,4)28(23)26(19)24-17-21(15-16-30(24)2)20-9-6-5-7-10-20;1-14-12-15(13-24)20-16-8-7-9-17(23)21(16)26(3,4)22(20)19(14)18-10-5-6-11-25(18)2/h3*6-18H,1,3-5H3;5-17H,1-4H3;5-12H,1-4H3/q5*+1. The van der Waals surface area contributed by atoms with Gasteiger partial charge in [0.2, 0.25) is 28.5 Å². The van der Waals surface area contributed by atoms with Crippen molar-refractivity contribution in [1.82, 2.24) is 0 Å². The zero-order valence-electron chi connectivity index (χ0n) is 89.0. The molecule has 0 fully saturated rings. The molecule has 728 valence electrons. The van der Waals surface area contributed by atoms with Crippen LogP contribution in [0.1, 0.15) is 38.9 Å². The van der Waals surface area contributed by atoms with E-state index in [-0.39, 0.29) is 5.82 Å². The van der Waals surface area contributed by atoms with Crippen molar-refractivity contribution in [3.63, 3.8) is 0 Å². The van der Waals surface area contributed by atoms with Crippen molar-refractivity contribution in [3.05, 3.63) is 444 Å². The maximum atomic E-state index is 14.8. The molecule has 0 saturated carbocycles. The van der Waals surface area contributed by atoms with Gasteiger partial charge in [-0.15, -0.1) is 0 Å². The van der Waals surface area contributed by atoms with Crippen molar-refractivity contribution in [2.24, 2.45) is 35.2 Å². The lowest BCUT2D eigenvalue weighted by Crippen LogP contribution is -2.52. The molecule has 0 atom stereocenters. The first-order valence-electron chi connectivity index (χ1n) is 51.3. The molecule has 150 heavy (non-hydrogen) atoms. The number of benzene rings is 14. The Labute approximate surface area is 887 Å². The Kier molecular flexibility index (Phi) is 26.5. The lowest BCUT2D eigenvalue weighted by Gasteiger charge is -2.24. The van der Waals surface area contributed by atoms with Gasteiger partial charge in [0.1, 0.15) is 81.4 Å². The van der Waals surface area contributed by atoms with Crippen LogP contribution >= 0.6 is 0 Å². The van der Waals surface area contributed by atoms with Crippen LogP contribution in [0.25, 0.3) is 171 Å². The lowest BCUT2D eigenvalue weighted by atomic mass is 9.89. The summed E-state index contributed by atoms with van der Waals surface area (Å²) in [6.45, 7) is 57.5. The third-order valence-corrected chi connectivity index (χ3v) is 49.7. The molecule has 0 aliphatic carbocycles. The van der Waals surface area contributed by atoms with E-state index in [0.29, 0.717) is 5.56 Å². The first kappa shape index (κ1) is 101. The van der Waals surface area contributed by atoms with E-state index in [1.165, 1.54) is 197 Å². The van der Waals surface area contributed by atoms with E-state index in [1.807, 2.05) is 80.8 Å². The Hall–Kier alpha value is -16.7. The van der Waals surface area contributed by atoms with Crippen molar-refractivity contribution < 1.29 is 27.2 Å². The van der Waals surface area contributed by atoms with Crippen LogP contribution in [0, 0.1) is 82.8 Å².